The highest BCUT2D eigenvalue weighted by molar-refractivity contribution is 7.07. The molecule has 2 rings (SSSR count). The molecule has 3 nitrogen and oxygen atoms in total. The molecule has 0 spiro atoms. The lowest BCUT2D eigenvalue weighted by atomic mass is 10.0. The lowest BCUT2D eigenvalue weighted by Gasteiger charge is -2.14. The summed E-state index contributed by atoms with van der Waals surface area (Å²) in [6, 6.07) is 9.70. The van der Waals surface area contributed by atoms with Gasteiger partial charge in [-0.25, -0.2) is 0 Å². The molecule has 0 unspecified atom stereocenters. The Morgan fingerprint density at radius 1 is 1.35 bits per heavy atom. The molecule has 0 aliphatic heterocycles. The Bertz CT molecular complexity index is 551. The van der Waals surface area contributed by atoms with Gasteiger partial charge in [0.1, 0.15) is 0 Å². The van der Waals surface area contributed by atoms with Crippen molar-refractivity contribution in [1.82, 2.24) is 5.32 Å². The minimum Gasteiger partial charge on any atom is -0.387 e. The van der Waals surface area contributed by atoms with Crippen LogP contribution in [-0.2, 0) is 11.2 Å². The Balaban J connectivity index is 1.77. The number of hydrogen-bond acceptors (Lipinski definition) is 3. The van der Waals surface area contributed by atoms with E-state index >= 15 is 0 Å². The summed E-state index contributed by atoms with van der Waals surface area (Å²) in [5, 5.41) is 16.9. The van der Waals surface area contributed by atoms with E-state index in [1.54, 1.807) is 11.3 Å². The van der Waals surface area contributed by atoms with Crippen molar-refractivity contribution in [2.45, 2.75) is 25.9 Å². The minimum atomic E-state index is -0.652. The Hall–Kier alpha value is -1.65. The molecule has 1 heterocycles. The maximum absolute atomic E-state index is 11.7. The molecule has 1 amide bonds. The summed E-state index contributed by atoms with van der Waals surface area (Å²) < 4.78 is 0. The normalized spacial score (nSPS) is 12.1. The summed E-state index contributed by atoms with van der Waals surface area (Å²) in [7, 11) is 0. The zero-order valence-electron chi connectivity index (χ0n) is 11.5. The van der Waals surface area contributed by atoms with Crippen LogP contribution in [0.4, 0.5) is 0 Å². The fourth-order valence-corrected chi connectivity index (χ4v) is 2.77. The summed E-state index contributed by atoms with van der Waals surface area (Å²) in [4.78, 5) is 11.7. The van der Waals surface area contributed by atoms with Gasteiger partial charge in [0.05, 0.1) is 6.10 Å². The lowest BCUT2D eigenvalue weighted by molar-refractivity contribution is -0.121. The molecule has 0 saturated carbocycles. The summed E-state index contributed by atoms with van der Waals surface area (Å²) in [6.45, 7) is 2.21. The van der Waals surface area contributed by atoms with Crippen molar-refractivity contribution in [2.75, 3.05) is 6.54 Å². The van der Waals surface area contributed by atoms with Crippen molar-refractivity contribution >= 4 is 17.2 Å². The summed E-state index contributed by atoms with van der Waals surface area (Å²) in [5.74, 6) is -0.0242. The van der Waals surface area contributed by atoms with Gasteiger partial charge >= 0.3 is 0 Å². The number of thiophene rings is 1. The van der Waals surface area contributed by atoms with E-state index in [9.17, 15) is 9.90 Å². The van der Waals surface area contributed by atoms with Crippen molar-refractivity contribution < 1.29 is 9.90 Å². The molecule has 0 bridgehead atoms. The molecule has 1 aromatic carbocycles. The van der Waals surface area contributed by atoms with Crippen LogP contribution in [-0.4, -0.2) is 17.6 Å². The first kappa shape index (κ1) is 14.8. The first-order valence-corrected chi connectivity index (χ1v) is 7.62. The summed E-state index contributed by atoms with van der Waals surface area (Å²) in [5.41, 5.74) is 3.09. The maximum atomic E-state index is 11.7. The number of aliphatic hydroxyl groups is 1. The minimum absolute atomic E-state index is 0.0242. The van der Waals surface area contributed by atoms with Gasteiger partial charge in [-0.15, -0.1) is 0 Å². The number of carbonyl (C=O) groups is 1. The largest absolute Gasteiger partial charge is 0.387 e. The third-order valence-electron chi connectivity index (χ3n) is 3.26. The van der Waals surface area contributed by atoms with Crippen LogP contribution in [0.3, 0.4) is 0 Å². The molecule has 0 aliphatic rings. The van der Waals surface area contributed by atoms with E-state index in [1.807, 2.05) is 42.6 Å². The molecule has 0 saturated heterocycles. The lowest BCUT2D eigenvalue weighted by Crippen LogP contribution is -2.28. The number of amides is 1. The molecule has 1 aromatic heterocycles. The highest BCUT2D eigenvalue weighted by atomic mass is 32.1. The Morgan fingerprint density at radius 2 is 2.15 bits per heavy atom. The van der Waals surface area contributed by atoms with Crippen molar-refractivity contribution in [2.24, 2.45) is 0 Å². The number of aryl methyl sites for hydroxylation is 2. The second-order valence-electron chi connectivity index (χ2n) is 4.81. The first-order chi connectivity index (χ1) is 9.66. The molecular formula is C16H19NO2S. The van der Waals surface area contributed by atoms with Crippen molar-refractivity contribution in [3.8, 4) is 0 Å². The Labute approximate surface area is 123 Å². The molecule has 2 aromatic rings. The molecule has 0 radical (unpaired) electrons. The highest BCUT2D eigenvalue weighted by Crippen LogP contribution is 2.16. The number of hydrogen-bond donors (Lipinski definition) is 2. The van der Waals surface area contributed by atoms with Crippen LogP contribution in [0.2, 0.25) is 0 Å². The van der Waals surface area contributed by atoms with Gasteiger partial charge in [0.2, 0.25) is 5.91 Å². The maximum Gasteiger partial charge on any atom is 0.220 e. The van der Waals surface area contributed by atoms with Crippen LogP contribution in [0.5, 0.6) is 0 Å². The average molecular weight is 289 g/mol. The van der Waals surface area contributed by atoms with Crippen LogP contribution in [0, 0.1) is 6.92 Å². The van der Waals surface area contributed by atoms with Crippen LogP contribution >= 0.6 is 11.3 Å². The van der Waals surface area contributed by atoms with Crippen molar-refractivity contribution in [1.29, 1.82) is 0 Å². The summed E-state index contributed by atoms with van der Waals surface area (Å²) in [6.07, 6.45) is 0.550. The molecule has 106 valence electrons. The van der Waals surface area contributed by atoms with Gasteiger partial charge in [-0.3, -0.25) is 4.79 Å². The number of nitrogens with one attached hydrogen (secondary N) is 1. The third-order valence-corrected chi connectivity index (χ3v) is 3.99. The van der Waals surface area contributed by atoms with E-state index in [2.05, 4.69) is 10.7 Å². The molecule has 1 atom stereocenters. The van der Waals surface area contributed by atoms with Gasteiger partial charge < -0.3 is 10.4 Å². The highest BCUT2D eigenvalue weighted by Gasteiger charge is 2.11. The van der Waals surface area contributed by atoms with Gasteiger partial charge in [0, 0.05) is 13.0 Å². The Morgan fingerprint density at radius 3 is 2.85 bits per heavy atom. The SMILES string of the molecule is Cc1ccccc1[C@@H](O)CNC(=O)CCc1ccsc1. The number of aliphatic hydroxyl groups excluding tert-OH is 1. The number of carbonyl (C=O) groups excluding carboxylic acids is 1. The van der Waals surface area contributed by atoms with Gasteiger partial charge in [0.15, 0.2) is 0 Å². The fourth-order valence-electron chi connectivity index (χ4n) is 2.06. The fraction of sp³-hybridized carbons (Fsp3) is 0.312. The Kier molecular flexibility index (Phi) is 5.32. The number of benzene rings is 1. The second kappa shape index (κ2) is 7.22. The third kappa shape index (κ3) is 4.18. The molecular weight excluding hydrogens is 270 g/mol. The van der Waals surface area contributed by atoms with E-state index in [-0.39, 0.29) is 12.5 Å². The molecule has 20 heavy (non-hydrogen) atoms. The smallest absolute Gasteiger partial charge is 0.220 e. The summed E-state index contributed by atoms with van der Waals surface area (Å²) >= 11 is 1.64. The zero-order chi connectivity index (χ0) is 14.4. The van der Waals surface area contributed by atoms with Crippen LogP contribution in [0.15, 0.2) is 41.1 Å². The van der Waals surface area contributed by atoms with Gasteiger partial charge in [-0.2, -0.15) is 11.3 Å². The van der Waals surface area contributed by atoms with Crippen LogP contribution in [0.25, 0.3) is 0 Å². The predicted octanol–water partition coefficient (Wildman–Crippen LogP) is 2.84. The van der Waals surface area contributed by atoms with E-state index in [0.29, 0.717) is 6.42 Å². The van der Waals surface area contributed by atoms with Crippen LogP contribution in [0.1, 0.15) is 29.2 Å². The number of rotatable bonds is 6. The van der Waals surface area contributed by atoms with E-state index in [4.69, 9.17) is 0 Å². The van der Waals surface area contributed by atoms with Gasteiger partial charge in [0.25, 0.3) is 0 Å². The zero-order valence-corrected chi connectivity index (χ0v) is 12.3. The van der Waals surface area contributed by atoms with E-state index < -0.39 is 6.10 Å². The standard InChI is InChI=1S/C16H19NO2S/c1-12-4-2-3-5-14(12)15(18)10-17-16(19)7-6-13-8-9-20-11-13/h2-5,8-9,11,15,18H,6-7,10H2,1H3,(H,17,19)/t15-/m0/s1. The van der Waals surface area contributed by atoms with E-state index in [1.165, 1.54) is 5.56 Å². The van der Waals surface area contributed by atoms with Gasteiger partial charge in [-0.1, -0.05) is 24.3 Å². The monoisotopic (exact) mass is 289 g/mol. The second-order valence-corrected chi connectivity index (χ2v) is 5.59. The first-order valence-electron chi connectivity index (χ1n) is 6.68. The van der Waals surface area contributed by atoms with Gasteiger partial charge in [-0.05, 0) is 46.9 Å². The predicted molar refractivity (Wildman–Crippen MR) is 81.8 cm³/mol. The molecule has 0 fully saturated rings. The molecule has 4 heteroatoms. The quantitative estimate of drug-likeness (QED) is 0.859. The molecule has 0 aliphatic carbocycles. The average Bonchev–Trinajstić information content (AvgIpc) is 2.96. The van der Waals surface area contributed by atoms with Crippen LogP contribution < -0.4 is 5.32 Å². The topological polar surface area (TPSA) is 49.3 Å². The molecule has 2 N–H and O–H groups in total. The van der Waals surface area contributed by atoms with Crippen molar-refractivity contribution in [3.63, 3.8) is 0 Å². The van der Waals surface area contributed by atoms with E-state index in [0.717, 1.165) is 17.5 Å². The van der Waals surface area contributed by atoms with Crippen molar-refractivity contribution in [3.05, 3.63) is 57.8 Å².